The number of carbonyl (C=O) groups is 1. The number of hydrogen-bond donors (Lipinski definition) is 3. The summed E-state index contributed by atoms with van der Waals surface area (Å²) >= 11 is 0. The van der Waals surface area contributed by atoms with Gasteiger partial charge in [-0.3, -0.25) is 4.79 Å². The molecule has 0 atom stereocenters. The molecule has 0 bridgehead atoms. The number of hydrogen-bond acceptors (Lipinski definition) is 2. The Morgan fingerprint density at radius 1 is 1.13 bits per heavy atom. The number of carbonyl (C=O) groups excluding carboxylic acids is 1. The van der Waals surface area contributed by atoms with E-state index in [1.807, 2.05) is 36.5 Å². The number of likely N-dealkylation sites (N-methyl/N-ethyl adjacent to an activating group) is 1. The van der Waals surface area contributed by atoms with Crippen molar-refractivity contribution < 1.29 is 9.18 Å². The van der Waals surface area contributed by atoms with E-state index in [1.54, 1.807) is 26.2 Å². The Labute approximate surface area is 193 Å². The van der Waals surface area contributed by atoms with E-state index in [1.165, 1.54) is 11.0 Å². The average molecular weight is 523 g/mol. The van der Waals surface area contributed by atoms with Crippen LogP contribution in [0.4, 0.5) is 4.39 Å². The van der Waals surface area contributed by atoms with Gasteiger partial charge in [-0.1, -0.05) is 30.3 Å². The van der Waals surface area contributed by atoms with Crippen LogP contribution in [0.25, 0.3) is 10.9 Å². The van der Waals surface area contributed by atoms with Gasteiger partial charge in [0.1, 0.15) is 5.82 Å². The number of nitrogens with zero attached hydrogens (tertiary/aromatic N) is 2. The van der Waals surface area contributed by atoms with Gasteiger partial charge in [0.2, 0.25) is 5.91 Å². The van der Waals surface area contributed by atoms with Crippen LogP contribution in [0.1, 0.15) is 11.1 Å². The van der Waals surface area contributed by atoms with E-state index in [2.05, 4.69) is 20.6 Å². The second-order valence-electron chi connectivity index (χ2n) is 6.97. The van der Waals surface area contributed by atoms with Gasteiger partial charge in [-0.25, -0.2) is 9.38 Å². The molecule has 1 aromatic heterocycles. The third-order valence-electron chi connectivity index (χ3n) is 4.58. The average Bonchev–Trinajstić information content (AvgIpc) is 3.12. The van der Waals surface area contributed by atoms with Gasteiger partial charge in [-0.05, 0) is 35.7 Å². The molecule has 6 nitrogen and oxygen atoms in total. The molecule has 160 valence electrons. The summed E-state index contributed by atoms with van der Waals surface area (Å²) in [4.78, 5) is 21.2. The number of halogens is 2. The standard InChI is InChI=1S/C22H26FN5O.HI/c1-28(2)21(29)15-27-22(26-13-16-6-4-3-5-7-16)24-11-10-17-14-25-20-9-8-18(23)12-19(17)20;/h3-9,12,14,25H,10-11,13,15H2,1-2H3,(H2,24,26,27);1H. The lowest BCUT2D eigenvalue weighted by atomic mass is 10.1. The molecule has 0 saturated carbocycles. The van der Waals surface area contributed by atoms with E-state index < -0.39 is 0 Å². The van der Waals surface area contributed by atoms with Crippen LogP contribution in [0.5, 0.6) is 0 Å². The van der Waals surface area contributed by atoms with Gasteiger partial charge in [0, 0.05) is 37.7 Å². The molecule has 0 radical (unpaired) electrons. The largest absolute Gasteiger partial charge is 0.361 e. The maximum absolute atomic E-state index is 13.6. The highest BCUT2D eigenvalue weighted by molar-refractivity contribution is 14.0. The smallest absolute Gasteiger partial charge is 0.241 e. The Morgan fingerprint density at radius 3 is 2.63 bits per heavy atom. The van der Waals surface area contributed by atoms with E-state index >= 15 is 0 Å². The van der Waals surface area contributed by atoms with Crippen molar-refractivity contribution in [2.24, 2.45) is 4.99 Å². The van der Waals surface area contributed by atoms with Crippen LogP contribution >= 0.6 is 24.0 Å². The molecular weight excluding hydrogens is 496 g/mol. The SMILES string of the molecule is CN(C)C(=O)CNC(=NCc1ccccc1)NCCc1c[nH]c2ccc(F)cc12.I. The quantitative estimate of drug-likeness (QED) is 0.253. The number of rotatable bonds is 7. The van der Waals surface area contributed by atoms with E-state index in [-0.39, 0.29) is 42.2 Å². The first kappa shape index (κ1) is 23.7. The third-order valence-corrected chi connectivity index (χ3v) is 4.58. The summed E-state index contributed by atoms with van der Waals surface area (Å²) in [5.41, 5.74) is 3.02. The fraction of sp³-hybridized carbons (Fsp3) is 0.273. The molecule has 3 rings (SSSR count). The zero-order valence-electron chi connectivity index (χ0n) is 17.1. The summed E-state index contributed by atoms with van der Waals surface area (Å²) in [5.74, 6) is 0.279. The second-order valence-corrected chi connectivity index (χ2v) is 6.97. The molecule has 0 unspecified atom stereocenters. The highest BCUT2D eigenvalue weighted by atomic mass is 127. The number of aromatic amines is 1. The van der Waals surface area contributed by atoms with Crippen LogP contribution < -0.4 is 10.6 Å². The summed E-state index contributed by atoms with van der Waals surface area (Å²) in [6.45, 7) is 1.26. The number of H-pyrrole nitrogens is 1. The van der Waals surface area contributed by atoms with Crippen molar-refractivity contribution >= 4 is 46.7 Å². The molecule has 0 saturated heterocycles. The lowest BCUT2D eigenvalue weighted by molar-refractivity contribution is -0.127. The van der Waals surface area contributed by atoms with E-state index in [9.17, 15) is 9.18 Å². The Hall–Kier alpha value is -2.62. The minimum absolute atomic E-state index is 0. The Balaban J connectivity index is 0.00000320. The fourth-order valence-electron chi connectivity index (χ4n) is 2.92. The van der Waals surface area contributed by atoms with Crippen molar-refractivity contribution in [1.82, 2.24) is 20.5 Å². The monoisotopic (exact) mass is 523 g/mol. The molecule has 0 fully saturated rings. The second kappa shape index (κ2) is 11.5. The number of nitrogens with one attached hydrogen (secondary N) is 3. The number of aromatic nitrogens is 1. The first-order valence-electron chi connectivity index (χ1n) is 9.54. The summed E-state index contributed by atoms with van der Waals surface area (Å²) in [6, 6.07) is 14.6. The molecule has 30 heavy (non-hydrogen) atoms. The Kier molecular flexibility index (Phi) is 9.10. The maximum atomic E-state index is 13.6. The molecule has 1 amide bonds. The predicted molar refractivity (Wildman–Crippen MR) is 130 cm³/mol. The highest BCUT2D eigenvalue weighted by Crippen LogP contribution is 2.19. The lowest BCUT2D eigenvalue weighted by Crippen LogP contribution is -2.43. The molecule has 2 aromatic carbocycles. The van der Waals surface area contributed by atoms with Crippen LogP contribution in [0.15, 0.2) is 59.7 Å². The van der Waals surface area contributed by atoms with Crippen molar-refractivity contribution in [1.29, 1.82) is 0 Å². The van der Waals surface area contributed by atoms with E-state index in [0.717, 1.165) is 22.0 Å². The van der Waals surface area contributed by atoms with Gasteiger partial charge < -0.3 is 20.5 Å². The molecule has 0 aliphatic heterocycles. The molecular formula is C22H27FIN5O. The molecule has 0 aliphatic carbocycles. The normalized spacial score (nSPS) is 11.1. The van der Waals surface area contributed by atoms with Gasteiger partial charge in [0.05, 0.1) is 13.1 Å². The van der Waals surface area contributed by atoms with Gasteiger partial charge in [0.15, 0.2) is 5.96 Å². The van der Waals surface area contributed by atoms with Crippen molar-refractivity contribution in [2.45, 2.75) is 13.0 Å². The fourth-order valence-corrected chi connectivity index (χ4v) is 2.92. The maximum Gasteiger partial charge on any atom is 0.241 e. The third kappa shape index (κ3) is 6.72. The van der Waals surface area contributed by atoms with E-state index in [4.69, 9.17) is 0 Å². The zero-order chi connectivity index (χ0) is 20.6. The van der Waals surface area contributed by atoms with Crippen LogP contribution in [-0.4, -0.2) is 48.9 Å². The topological polar surface area (TPSA) is 72.5 Å². The number of aliphatic imine (C=N–C) groups is 1. The number of guanidine groups is 1. The number of amides is 1. The Morgan fingerprint density at radius 2 is 1.90 bits per heavy atom. The van der Waals surface area contributed by atoms with Crippen molar-refractivity contribution in [2.75, 3.05) is 27.2 Å². The molecule has 0 aliphatic rings. The lowest BCUT2D eigenvalue weighted by Gasteiger charge is -2.15. The zero-order valence-corrected chi connectivity index (χ0v) is 19.4. The molecule has 8 heteroatoms. The van der Waals surface area contributed by atoms with Crippen LogP contribution in [0, 0.1) is 5.82 Å². The first-order valence-corrected chi connectivity index (χ1v) is 9.54. The number of fused-ring (bicyclic) bond motifs is 1. The minimum atomic E-state index is -0.250. The van der Waals surface area contributed by atoms with Crippen molar-refractivity contribution in [3.05, 3.63) is 71.7 Å². The van der Waals surface area contributed by atoms with Crippen LogP contribution in [-0.2, 0) is 17.8 Å². The molecule has 3 N–H and O–H groups in total. The van der Waals surface area contributed by atoms with E-state index in [0.29, 0.717) is 25.5 Å². The van der Waals surface area contributed by atoms with Crippen molar-refractivity contribution in [3.8, 4) is 0 Å². The summed E-state index contributed by atoms with van der Waals surface area (Å²) in [6.07, 6.45) is 2.59. The summed E-state index contributed by atoms with van der Waals surface area (Å²) in [5, 5.41) is 7.22. The van der Waals surface area contributed by atoms with Gasteiger partial charge in [-0.15, -0.1) is 24.0 Å². The van der Waals surface area contributed by atoms with Crippen LogP contribution in [0.2, 0.25) is 0 Å². The predicted octanol–water partition coefficient (Wildman–Crippen LogP) is 3.29. The van der Waals surface area contributed by atoms with Gasteiger partial charge in [-0.2, -0.15) is 0 Å². The van der Waals surface area contributed by atoms with Crippen molar-refractivity contribution in [3.63, 3.8) is 0 Å². The first-order chi connectivity index (χ1) is 14.0. The molecule has 1 heterocycles. The highest BCUT2D eigenvalue weighted by Gasteiger charge is 2.08. The summed E-state index contributed by atoms with van der Waals surface area (Å²) in [7, 11) is 3.43. The molecule has 0 spiro atoms. The Bertz CT molecular complexity index is 988. The van der Waals surface area contributed by atoms with Gasteiger partial charge in [0.25, 0.3) is 0 Å². The minimum Gasteiger partial charge on any atom is -0.361 e. The molecule has 3 aromatic rings. The number of benzene rings is 2. The van der Waals surface area contributed by atoms with Gasteiger partial charge >= 0.3 is 0 Å². The summed E-state index contributed by atoms with van der Waals surface area (Å²) < 4.78 is 13.6. The van der Waals surface area contributed by atoms with Crippen LogP contribution in [0.3, 0.4) is 0 Å².